The second-order valence-electron chi connectivity index (χ2n) is 9.45. The quantitative estimate of drug-likeness (QED) is 0.490. The number of benzene rings is 1. The van der Waals surface area contributed by atoms with Crippen molar-refractivity contribution >= 4 is 22.5 Å². The van der Waals surface area contributed by atoms with Crippen molar-refractivity contribution < 1.29 is 4.79 Å². The summed E-state index contributed by atoms with van der Waals surface area (Å²) in [4.78, 5) is 17.7. The number of likely N-dealkylation sites (N-methyl/N-ethyl adjacent to an activating group) is 1. The molecule has 0 saturated carbocycles. The number of hydrogen-bond donors (Lipinski definition) is 2. The number of tetrazole rings is 1. The number of aryl methyl sites for hydroxylation is 1. The fourth-order valence-electron chi connectivity index (χ4n) is 5.15. The van der Waals surface area contributed by atoms with Crippen molar-refractivity contribution in [1.29, 1.82) is 0 Å². The highest BCUT2D eigenvalue weighted by Crippen LogP contribution is 2.39. The summed E-state index contributed by atoms with van der Waals surface area (Å²) in [6.07, 6.45) is 4.17. The Morgan fingerprint density at radius 2 is 2.03 bits per heavy atom. The Balaban J connectivity index is 1.49. The molecule has 0 radical (unpaired) electrons. The van der Waals surface area contributed by atoms with E-state index in [0.717, 1.165) is 53.9 Å². The van der Waals surface area contributed by atoms with Crippen molar-refractivity contribution in [2.75, 3.05) is 26.7 Å². The second-order valence-corrected chi connectivity index (χ2v) is 9.45. The van der Waals surface area contributed by atoms with E-state index in [1.807, 2.05) is 12.3 Å². The molecule has 0 bridgehead atoms. The molecule has 5 rings (SSSR count). The van der Waals surface area contributed by atoms with Gasteiger partial charge in [-0.25, -0.2) is 0 Å². The number of likely N-dealkylation sites (tertiary alicyclic amines) is 1. The Morgan fingerprint density at radius 1 is 1.24 bits per heavy atom. The number of nitrogens with one attached hydrogen (secondary N) is 2. The van der Waals surface area contributed by atoms with Gasteiger partial charge in [-0.15, -0.1) is 5.10 Å². The van der Waals surface area contributed by atoms with E-state index in [1.165, 1.54) is 16.5 Å². The molecule has 8 heteroatoms. The molecule has 1 aromatic carbocycles. The first-order valence-corrected chi connectivity index (χ1v) is 11.7. The Kier molecular flexibility index (Phi) is 5.62. The van der Waals surface area contributed by atoms with Gasteiger partial charge in [0.1, 0.15) is 0 Å². The van der Waals surface area contributed by atoms with Crippen LogP contribution >= 0.6 is 0 Å². The topological polar surface area (TPSA) is 91.2 Å². The number of pyridine rings is 1. The molecule has 0 spiro atoms. The Hall–Kier alpha value is -3.26. The van der Waals surface area contributed by atoms with Crippen LogP contribution in [0.2, 0.25) is 0 Å². The zero-order valence-corrected chi connectivity index (χ0v) is 19.7. The summed E-state index contributed by atoms with van der Waals surface area (Å²) in [5.74, 6) is 0.974. The van der Waals surface area contributed by atoms with Gasteiger partial charge < -0.3 is 10.3 Å². The van der Waals surface area contributed by atoms with E-state index in [9.17, 15) is 4.79 Å². The lowest BCUT2D eigenvalue weighted by atomic mass is 9.87. The maximum atomic E-state index is 11.7. The van der Waals surface area contributed by atoms with E-state index >= 15 is 0 Å². The zero-order chi connectivity index (χ0) is 23.1. The van der Waals surface area contributed by atoms with Crippen molar-refractivity contribution in [3.05, 3.63) is 47.2 Å². The summed E-state index contributed by atoms with van der Waals surface area (Å²) in [6, 6.07) is 8.91. The summed E-state index contributed by atoms with van der Waals surface area (Å²) in [7, 11) is 1.70. The molecule has 1 saturated heterocycles. The van der Waals surface area contributed by atoms with E-state index in [2.05, 4.69) is 69.7 Å². The van der Waals surface area contributed by atoms with Gasteiger partial charge in [0.25, 0.3) is 0 Å². The molecule has 0 unspecified atom stereocenters. The summed E-state index contributed by atoms with van der Waals surface area (Å²) >= 11 is 0. The minimum Gasteiger partial charge on any atom is -0.358 e. The van der Waals surface area contributed by atoms with Crippen LogP contribution in [-0.4, -0.2) is 62.5 Å². The van der Waals surface area contributed by atoms with E-state index < -0.39 is 0 Å². The van der Waals surface area contributed by atoms with Crippen molar-refractivity contribution in [3.8, 4) is 11.3 Å². The molecular weight excluding hydrogens is 414 g/mol. The van der Waals surface area contributed by atoms with Gasteiger partial charge in [-0.2, -0.15) is 4.52 Å². The maximum absolute atomic E-state index is 11.7. The molecule has 172 valence electrons. The molecule has 1 aliphatic heterocycles. The number of H-pyrrole nitrogens is 1. The smallest absolute Gasteiger partial charge is 0.233 e. The molecule has 2 N–H and O–H groups in total. The molecule has 33 heavy (non-hydrogen) atoms. The fraction of sp³-hybridized carbons (Fsp3) is 0.440. The number of piperidine rings is 1. The molecule has 0 aliphatic carbocycles. The molecule has 4 aromatic rings. The normalized spacial score (nSPS) is 15.7. The number of nitrogens with zero attached hydrogens (tertiary/aromatic N) is 5. The standard InChI is InChI=1S/C25H31N7O/c1-15(2)24-19-12-18(17-7-9-31(10-8-17)14-23(33)26-4)5-6-21(19)27-25(24)20-13-32-22(11-16(20)3)28-29-30-32/h5-6,11-13,15,17,27H,7-10,14H2,1-4H3,(H,26,33). The monoisotopic (exact) mass is 445 g/mol. The number of carbonyl (C=O) groups is 1. The van der Waals surface area contributed by atoms with Crippen LogP contribution in [0.5, 0.6) is 0 Å². The summed E-state index contributed by atoms with van der Waals surface area (Å²) in [5.41, 5.74) is 8.05. The third kappa shape index (κ3) is 3.99. The van der Waals surface area contributed by atoms with Gasteiger partial charge in [0.05, 0.1) is 12.2 Å². The maximum Gasteiger partial charge on any atom is 0.233 e. The van der Waals surface area contributed by atoms with Crippen LogP contribution in [0.25, 0.3) is 27.8 Å². The lowest BCUT2D eigenvalue weighted by molar-refractivity contribution is -0.122. The van der Waals surface area contributed by atoms with Gasteiger partial charge in [-0.05, 0) is 90.0 Å². The van der Waals surface area contributed by atoms with Crippen molar-refractivity contribution in [1.82, 2.24) is 35.2 Å². The first kappa shape index (κ1) is 21.6. The number of fused-ring (bicyclic) bond motifs is 2. The molecular formula is C25H31N7O. The fourth-order valence-corrected chi connectivity index (χ4v) is 5.15. The van der Waals surface area contributed by atoms with Crippen LogP contribution in [0, 0.1) is 6.92 Å². The van der Waals surface area contributed by atoms with Crippen molar-refractivity contribution in [3.63, 3.8) is 0 Å². The number of aromatic amines is 1. The minimum atomic E-state index is 0.0893. The molecule has 1 amide bonds. The Bertz CT molecular complexity index is 1310. The van der Waals surface area contributed by atoms with E-state index in [4.69, 9.17) is 0 Å². The number of rotatable bonds is 5. The van der Waals surface area contributed by atoms with E-state index in [1.54, 1.807) is 11.6 Å². The zero-order valence-electron chi connectivity index (χ0n) is 19.7. The van der Waals surface area contributed by atoms with Crippen LogP contribution in [-0.2, 0) is 4.79 Å². The van der Waals surface area contributed by atoms with Gasteiger partial charge >= 0.3 is 0 Å². The average molecular weight is 446 g/mol. The lowest BCUT2D eigenvalue weighted by Gasteiger charge is -2.31. The van der Waals surface area contributed by atoms with Crippen LogP contribution < -0.4 is 5.32 Å². The number of amides is 1. The first-order chi connectivity index (χ1) is 15.9. The van der Waals surface area contributed by atoms with Crippen LogP contribution in [0.15, 0.2) is 30.5 Å². The largest absolute Gasteiger partial charge is 0.358 e. The minimum absolute atomic E-state index is 0.0893. The SMILES string of the molecule is CNC(=O)CN1CCC(c2ccc3[nH]c(-c4cn5nnnc5cc4C)c(C(C)C)c3c2)CC1. The first-order valence-electron chi connectivity index (χ1n) is 11.7. The van der Waals surface area contributed by atoms with Gasteiger partial charge in [0.2, 0.25) is 5.91 Å². The summed E-state index contributed by atoms with van der Waals surface area (Å²) in [6.45, 7) is 9.01. The highest BCUT2D eigenvalue weighted by atomic mass is 16.1. The number of aromatic nitrogens is 5. The summed E-state index contributed by atoms with van der Waals surface area (Å²) < 4.78 is 1.73. The molecule has 0 atom stereocenters. The van der Waals surface area contributed by atoms with Crippen LogP contribution in [0.4, 0.5) is 0 Å². The third-order valence-electron chi connectivity index (χ3n) is 6.95. The number of carbonyl (C=O) groups excluding carboxylic acids is 1. The van der Waals surface area contributed by atoms with Crippen molar-refractivity contribution in [2.24, 2.45) is 0 Å². The highest BCUT2D eigenvalue weighted by Gasteiger charge is 2.24. The van der Waals surface area contributed by atoms with Gasteiger partial charge in [-0.1, -0.05) is 19.9 Å². The molecule has 1 fully saturated rings. The van der Waals surface area contributed by atoms with Crippen molar-refractivity contribution in [2.45, 2.75) is 45.4 Å². The molecule has 1 aliphatic rings. The van der Waals surface area contributed by atoms with Crippen LogP contribution in [0.3, 0.4) is 0 Å². The predicted octanol–water partition coefficient (Wildman–Crippen LogP) is 3.63. The lowest BCUT2D eigenvalue weighted by Crippen LogP contribution is -2.40. The predicted molar refractivity (Wildman–Crippen MR) is 129 cm³/mol. The Labute approximate surface area is 193 Å². The van der Waals surface area contributed by atoms with Gasteiger partial charge in [0, 0.05) is 29.7 Å². The Morgan fingerprint density at radius 3 is 2.76 bits per heavy atom. The molecule has 8 nitrogen and oxygen atoms in total. The van der Waals surface area contributed by atoms with E-state index in [-0.39, 0.29) is 5.91 Å². The second kappa shape index (κ2) is 8.59. The van der Waals surface area contributed by atoms with Crippen LogP contribution in [0.1, 0.15) is 55.2 Å². The molecule has 3 aromatic heterocycles. The average Bonchev–Trinajstić information content (AvgIpc) is 3.42. The van der Waals surface area contributed by atoms with Gasteiger partial charge in [-0.3, -0.25) is 9.69 Å². The number of hydrogen-bond acceptors (Lipinski definition) is 5. The van der Waals surface area contributed by atoms with E-state index in [0.29, 0.717) is 18.4 Å². The highest BCUT2D eigenvalue weighted by molar-refractivity contribution is 5.92. The molecule has 4 heterocycles. The third-order valence-corrected chi connectivity index (χ3v) is 6.95. The summed E-state index contributed by atoms with van der Waals surface area (Å²) in [5, 5.41) is 16.0. The van der Waals surface area contributed by atoms with Gasteiger partial charge in [0.15, 0.2) is 5.65 Å².